The number of benzene rings is 9. The Bertz CT molecular complexity index is 3300. The molecule has 0 saturated heterocycles. The van der Waals surface area contributed by atoms with Crippen LogP contribution in [0.1, 0.15) is 17.9 Å². The molecule has 11 aromatic rings. The molecule has 9 aromatic carbocycles. The quantitative estimate of drug-likeness (QED) is 0.153. The Labute approximate surface area is 366 Å². The van der Waals surface area contributed by atoms with E-state index in [4.69, 9.17) is 8.83 Å². The highest BCUT2D eigenvalue weighted by atomic mass is 16.3. The molecule has 0 radical (unpaired) electrons. The van der Waals surface area contributed by atoms with Crippen molar-refractivity contribution in [3.8, 4) is 44.5 Å². The third-order valence-corrected chi connectivity index (χ3v) is 12.7. The first-order valence-corrected chi connectivity index (χ1v) is 21.7. The van der Waals surface area contributed by atoms with E-state index >= 15 is 0 Å². The molecule has 1 aliphatic carbocycles. The minimum Gasteiger partial charge on any atom is -0.455 e. The molecule has 0 saturated carbocycles. The zero-order valence-corrected chi connectivity index (χ0v) is 34.5. The number of furan rings is 2. The molecular formula is C60H41NO2. The van der Waals surface area contributed by atoms with Gasteiger partial charge in [0.1, 0.15) is 22.3 Å². The van der Waals surface area contributed by atoms with Crippen LogP contribution >= 0.6 is 0 Å². The second-order valence-electron chi connectivity index (χ2n) is 16.4. The average molecular weight is 808 g/mol. The van der Waals surface area contributed by atoms with Crippen molar-refractivity contribution in [2.75, 3.05) is 4.90 Å². The monoisotopic (exact) mass is 807 g/mol. The zero-order valence-electron chi connectivity index (χ0n) is 34.5. The Balaban J connectivity index is 0.842. The minimum absolute atomic E-state index is 0.395. The van der Waals surface area contributed by atoms with Crippen molar-refractivity contribution in [1.82, 2.24) is 0 Å². The van der Waals surface area contributed by atoms with E-state index in [0.717, 1.165) is 112 Å². The van der Waals surface area contributed by atoms with Crippen molar-refractivity contribution in [2.45, 2.75) is 12.3 Å². The largest absolute Gasteiger partial charge is 0.455 e. The Hall–Kier alpha value is -8.14. The van der Waals surface area contributed by atoms with Gasteiger partial charge in [-0.15, -0.1) is 0 Å². The van der Waals surface area contributed by atoms with Crippen LogP contribution in [0.5, 0.6) is 0 Å². The molecule has 0 bridgehead atoms. The van der Waals surface area contributed by atoms with Crippen LogP contribution in [0.3, 0.4) is 0 Å². The van der Waals surface area contributed by atoms with Gasteiger partial charge in [-0.25, -0.2) is 0 Å². The van der Waals surface area contributed by atoms with Gasteiger partial charge in [0.05, 0.1) is 0 Å². The van der Waals surface area contributed by atoms with Gasteiger partial charge in [0.2, 0.25) is 0 Å². The Kier molecular flexibility index (Phi) is 8.97. The summed E-state index contributed by atoms with van der Waals surface area (Å²) in [6.07, 6.45) is 9.85. The van der Waals surface area contributed by atoms with Gasteiger partial charge in [-0.1, -0.05) is 182 Å². The van der Waals surface area contributed by atoms with E-state index in [-0.39, 0.29) is 0 Å². The molecule has 0 amide bonds. The average Bonchev–Trinajstić information content (AvgIpc) is 3.94. The Morgan fingerprint density at radius 1 is 0.349 bits per heavy atom. The Morgan fingerprint density at radius 3 is 1.19 bits per heavy atom. The third kappa shape index (κ3) is 6.63. The molecule has 1 atom stereocenters. The molecule has 3 heteroatoms. The SMILES string of the molecule is C1=CCC(c2ccc(N(c3ccc(-c4ccc(-c5cccc6c5oc5ccccc56)cc4)cc3)c3ccc(-c4ccc(-c5cccc6c5oc5ccccc56)cc4)cc3)cc2)C=C1. The summed E-state index contributed by atoms with van der Waals surface area (Å²) in [4.78, 5) is 2.35. The van der Waals surface area contributed by atoms with Gasteiger partial charge in [0.25, 0.3) is 0 Å². The Morgan fingerprint density at radius 2 is 0.746 bits per heavy atom. The molecule has 0 N–H and O–H groups in total. The fourth-order valence-electron chi connectivity index (χ4n) is 9.38. The topological polar surface area (TPSA) is 29.5 Å². The summed E-state index contributed by atoms with van der Waals surface area (Å²) in [5, 5.41) is 4.57. The van der Waals surface area contributed by atoms with E-state index in [0.29, 0.717) is 5.92 Å². The summed E-state index contributed by atoms with van der Waals surface area (Å²) in [5.74, 6) is 0.395. The number of hydrogen-bond acceptors (Lipinski definition) is 3. The number of rotatable bonds is 8. The van der Waals surface area contributed by atoms with E-state index in [9.17, 15) is 0 Å². The van der Waals surface area contributed by atoms with Crippen LogP contribution in [-0.4, -0.2) is 0 Å². The van der Waals surface area contributed by atoms with Crippen molar-refractivity contribution in [3.05, 3.63) is 236 Å². The van der Waals surface area contributed by atoms with E-state index in [1.54, 1.807) is 0 Å². The predicted molar refractivity (Wildman–Crippen MR) is 263 cm³/mol. The molecule has 3 nitrogen and oxygen atoms in total. The lowest BCUT2D eigenvalue weighted by molar-refractivity contribution is 0.669. The zero-order chi connectivity index (χ0) is 41.7. The van der Waals surface area contributed by atoms with Crippen molar-refractivity contribution in [1.29, 1.82) is 0 Å². The van der Waals surface area contributed by atoms with Crippen molar-refractivity contribution >= 4 is 60.9 Å². The van der Waals surface area contributed by atoms with Crippen LogP contribution in [0.2, 0.25) is 0 Å². The van der Waals surface area contributed by atoms with Crippen LogP contribution in [0.15, 0.2) is 239 Å². The highest BCUT2D eigenvalue weighted by Gasteiger charge is 2.17. The van der Waals surface area contributed by atoms with Gasteiger partial charge in [-0.2, -0.15) is 0 Å². The van der Waals surface area contributed by atoms with Gasteiger partial charge in [-0.05, 0) is 93.9 Å². The molecule has 1 unspecified atom stereocenters. The minimum atomic E-state index is 0.395. The second kappa shape index (κ2) is 15.4. The van der Waals surface area contributed by atoms with Gasteiger partial charge in [0, 0.05) is 55.7 Å². The van der Waals surface area contributed by atoms with Crippen LogP contribution < -0.4 is 4.90 Å². The van der Waals surface area contributed by atoms with Crippen LogP contribution in [0.25, 0.3) is 88.4 Å². The van der Waals surface area contributed by atoms with E-state index < -0.39 is 0 Å². The molecule has 0 aliphatic heterocycles. The van der Waals surface area contributed by atoms with E-state index in [1.807, 2.05) is 24.3 Å². The smallest absolute Gasteiger partial charge is 0.143 e. The first-order valence-electron chi connectivity index (χ1n) is 21.7. The first-order chi connectivity index (χ1) is 31.2. The van der Waals surface area contributed by atoms with Crippen LogP contribution in [-0.2, 0) is 0 Å². The summed E-state index contributed by atoms with van der Waals surface area (Å²) in [7, 11) is 0. The standard InChI is InChI=1S/C60H41NO2/c1-2-10-40(11-3-1)43-28-34-48(35-29-43)61(49-36-30-44(31-37-49)41-20-24-46(25-21-41)51-14-8-16-55-53-12-4-6-18-57(53)62-59(51)55)50-38-32-45(33-39-50)42-22-26-47(27-23-42)52-15-9-17-56-54-13-5-7-19-58(54)63-60(52)56/h1-10,12-40H,11H2. The maximum Gasteiger partial charge on any atom is 0.143 e. The molecule has 63 heavy (non-hydrogen) atoms. The number of anilines is 3. The molecule has 298 valence electrons. The molecule has 2 aromatic heterocycles. The highest BCUT2D eigenvalue weighted by molar-refractivity contribution is 6.10. The molecule has 0 spiro atoms. The van der Waals surface area contributed by atoms with Crippen molar-refractivity contribution in [2.24, 2.45) is 0 Å². The highest BCUT2D eigenvalue weighted by Crippen LogP contribution is 2.41. The van der Waals surface area contributed by atoms with Crippen LogP contribution in [0.4, 0.5) is 17.1 Å². The van der Waals surface area contributed by atoms with Gasteiger partial charge < -0.3 is 13.7 Å². The van der Waals surface area contributed by atoms with E-state index in [1.165, 1.54) is 5.56 Å². The summed E-state index contributed by atoms with van der Waals surface area (Å²) >= 11 is 0. The lowest BCUT2D eigenvalue weighted by Gasteiger charge is -2.26. The molecular weight excluding hydrogens is 767 g/mol. The number of fused-ring (bicyclic) bond motifs is 6. The van der Waals surface area contributed by atoms with Gasteiger partial charge in [0.15, 0.2) is 0 Å². The molecule has 12 rings (SSSR count). The number of para-hydroxylation sites is 4. The summed E-state index contributed by atoms with van der Waals surface area (Å²) in [6.45, 7) is 0. The van der Waals surface area contributed by atoms with Crippen LogP contribution in [0, 0.1) is 0 Å². The van der Waals surface area contributed by atoms with Gasteiger partial charge >= 0.3 is 0 Å². The molecule has 1 aliphatic rings. The number of allylic oxidation sites excluding steroid dienone is 4. The lowest BCUT2D eigenvalue weighted by Crippen LogP contribution is -2.10. The summed E-state index contributed by atoms with van der Waals surface area (Å²) < 4.78 is 12.7. The normalized spacial score (nSPS) is 13.7. The lowest BCUT2D eigenvalue weighted by atomic mass is 9.92. The predicted octanol–water partition coefficient (Wildman–Crippen LogP) is 17.2. The van der Waals surface area contributed by atoms with Crippen molar-refractivity contribution < 1.29 is 8.83 Å². The second-order valence-corrected chi connectivity index (χ2v) is 16.4. The van der Waals surface area contributed by atoms with Crippen molar-refractivity contribution in [3.63, 3.8) is 0 Å². The van der Waals surface area contributed by atoms with Gasteiger partial charge in [-0.3, -0.25) is 0 Å². The molecule has 0 fully saturated rings. The fourth-order valence-corrected chi connectivity index (χ4v) is 9.38. The number of nitrogens with zero attached hydrogens (tertiary/aromatic N) is 1. The maximum atomic E-state index is 6.35. The number of hydrogen-bond donors (Lipinski definition) is 0. The summed E-state index contributed by atoms with van der Waals surface area (Å²) in [5.41, 5.74) is 17.4. The van der Waals surface area contributed by atoms with E-state index in [2.05, 4.69) is 211 Å². The summed E-state index contributed by atoms with van der Waals surface area (Å²) in [6, 6.07) is 73.9. The molecule has 2 heterocycles. The maximum absolute atomic E-state index is 6.35. The first kappa shape index (κ1) is 36.7. The third-order valence-electron chi connectivity index (χ3n) is 12.7. The fraction of sp³-hybridized carbons (Fsp3) is 0.0333.